The Morgan fingerprint density at radius 2 is 1.71 bits per heavy atom. The summed E-state index contributed by atoms with van der Waals surface area (Å²) in [5.41, 5.74) is 12.6. The number of aromatic carboxylic acids is 1. The first-order valence-corrected chi connectivity index (χ1v) is 15.9. The van der Waals surface area contributed by atoms with Crippen LogP contribution in [0.1, 0.15) is 114 Å². The van der Waals surface area contributed by atoms with Gasteiger partial charge in [-0.15, -0.1) is 0 Å². The van der Waals surface area contributed by atoms with Gasteiger partial charge in [0.15, 0.2) is 0 Å². The molecule has 8 bridgehead atoms. The number of H-pyrrole nitrogens is 2. The van der Waals surface area contributed by atoms with Gasteiger partial charge in [-0.05, 0) is 93.0 Å². The highest BCUT2D eigenvalue weighted by molar-refractivity contribution is 6.02. The molecule has 2 aliphatic rings. The molecule has 9 heteroatoms. The number of allylic oxidation sites excluding steroid dienone is 1. The van der Waals surface area contributed by atoms with Crippen LogP contribution in [0.4, 0.5) is 0 Å². The minimum Gasteiger partial charge on any atom is -0.478 e. The molecular formula is C36H44N4O5. The molecule has 0 spiro atoms. The molecule has 0 radical (unpaired) electrons. The van der Waals surface area contributed by atoms with E-state index in [0.717, 1.165) is 86.4 Å². The maximum absolute atomic E-state index is 12.6. The van der Waals surface area contributed by atoms with Gasteiger partial charge in [-0.25, -0.2) is 9.78 Å². The van der Waals surface area contributed by atoms with Gasteiger partial charge >= 0.3 is 5.97 Å². The van der Waals surface area contributed by atoms with Crippen molar-refractivity contribution in [2.75, 3.05) is 19.8 Å². The molecular weight excluding hydrogens is 568 g/mol. The van der Waals surface area contributed by atoms with Crippen molar-refractivity contribution in [2.45, 2.75) is 86.0 Å². The number of nitrogens with one attached hydrogen (secondary N) is 2. The van der Waals surface area contributed by atoms with Crippen molar-refractivity contribution in [1.82, 2.24) is 19.9 Å². The van der Waals surface area contributed by atoms with Crippen molar-refractivity contribution in [3.63, 3.8) is 0 Å². The Kier molecular flexibility index (Phi) is 9.58. The van der Waals surface area contributed by atoms with Gasteiger partial charge < -0.3 is 24.5 Å². The third-order valence-corrected chi connectivity index (χ3v) is 9.48. The van der Waals surface area contributed by atoms with E-state index >= 15 is 0 Å². The molecule has 2 atom stereocenters. The van der Waals surface area contributed by atoms with Crippen LogP contribution in [0.15, 0.2) is 18.2 Å². The molecule has 5 heterocycles. The van der Waals surface area contributed by atoms with Crippen molar-refractivity contribution >= 4 is 45.7 Å². The van der Waals surface area contributed by atoms with Gasteiger partial charge in [-0.3, -0.25) is 9.78 Å². The summed E-state index contributed by atoms with van der Waals surface area (Å²) < 4.78 is 11.2. The number of carboxylic acid groups (broad SMARTS) is 1. The van der Waals surface area contributed by atoms with E-state index < -0.39 is 5.97 Å². The number of ether oxygens (including phenoxy) is 2. The average Bonchev–Trinajstić information content (AvgIpc) is 3.69. The normalized spacial score (nSPS) is 16.3. The molecule has 3 aromatic heterocycles. The second-order valence-electron chi connectivity index (χ2n) is 12.2. The minimum absolute atomic E-state index is 0.0102. The maximum atomic E-state index is 12.6. The number of fused-ring (bicyclic) bond motifs is 8. The van der Waals surface area contributed by atoms with Crippen LogP contribution in [0.5, 0.6) is 0 Å². The smallest absolute Gasteiger partial charge is 0.338 e. The third-order valence-electron chi connectivity index (χ3n) is 9.48. The number of aromatic nitrogens is 4. The molecule has 0 fully saturated rings. The summed E-state index contributed by atoms with van der Waals surface area (Å²) in [6.07, 6.45) is 3.43. The molecule has 45 heavy (non-hydrogen) atoms. The van der Waals surface area contributed by atoms with Crippen molar-refractivity contribution in [3.8, 4) is 0 Å². The molecule has 5 rings (SSSR count). The van der Waals surface area contributed by atoms with Gasteiger partial charge in [0.2, 0.25) is 0 Å². The number of carbonyl (C=O) groups is 2. The second-order valence-corrected chi connectivity index (χ2v) is 12.2. The van der Waals surface area contributed by atoms with Crippen LogP contribution >= 0.6 is 0 Å². The molecule has 0 saturated heterocycles. The number of rotatable bonds is 11. The van der Waals surface area contributed by atoms with E-state index in [1.807, 2.05) is 26.0 Å². The standard InChI is InChI=1S/C36H44N4O5/c1-8-10-12-44-17-26-21(5)27-14-29-20(4)25(11-13-45-18-41)34(39-29)23(7)35-33(36(42)43)22(6)30(40-35)16-31-24(9-2)19(3)28(37-31)15-32(26)38-27/h14-16,18,20,25,37,40H,8-13,17H2,1-7H3,(H,42,43)/t20-,25-/m0/s1. The van der Waals surface area contributed by atoms with Crippen LogP contribution in [-0.4, -0.2) is 57.3 Å². The minimum atomic E-state index is -0.996. The van der Waals surface area contributed by atoms with E-state index in [2.05, 4.69) is 50.7 Å². The van der Waals surface area contributed by atoms with E-state index in [-0.39, 0.29) is 24.0 Å². The first kappa shape index (κ1) is 32.2. The Hall–Kier alpha value is -4.24. The van der Waals surface area contributed by atoms with Crippen LogP contribution in [-0.2, 0) is 20.7 Å². The zero-order valence-corrected chi connectivity index (χ0v) is 27.4. The highest BCUT2D eigenvalue weighted by atomic mass is 16.5. The van der Waals surface area contributed by atoms with Gasteiger partial charge in [-0.1, -0.05) is 27.2 Å². The monoisotopic (exact) mass is 612 g/mol. The molecule has 9 nitrogen and oxygen atoms in total. The lowest BCUT2D eigenvalue weighted by atomic mass is 9.87. The summed E-state index contributed by atoms with van der Waals surface area (Å²) in [6, 6.07) is 6.16. The molecule has 0 amide bonds. The lowest BCUT2D eigenvalue weighted by molar-refractivity contribution is -0.128. The molecule has 238 valence electrons. The Balaban J connectivity index is 1.89. The van der Waals surface area contributed by atoms with E-state index in [0.29, 0.717) is 37.2 Å². The highest BCUT2D eigenvalue weighted by Gasteiger charge is 2.32. The van der Waals surface area contributed by atoms with Crippen LogP contribution in [0.3, 0.4) is 0 Å². The second kappa shape index (κ2) is 13.4. The fourth-order valence-electron chi connectivity index (χ4n) is 6.67. The van der Waals surface area contributed by atoms with Crippen LogP contribution in [0.2, 0.25) is 0 Å². The molecule has 0 unspecified atom stereocenters. The van der Waals surface area contributed by atoms with Crippen LogP contribution in [0, 0.1) is 20.8 Å². The molecule has 3 aromatic rings. The number of unbranched alkanes of at least 4 members (excludes halogenated alkanes) is 1. The van der Waals surface area contributed by atoms with Gasteiger partial charge in [0.1, 0.15) is 0 Å². The lowest BCUT2D eigenvalue weighted by Crippen LogP contribution is -2.08. The van der Waals surface area contributed by atoms with Crippen molar-refractivity contribution < 1.29 is 24.2 Å². The Morgan fingerprint density at radius 1 is 0.956 bits per heavy atom. The van der Waals surface area contributed by atoms with Gasteiger partial charge in [0, 0.05) is 52.0 Å². The summed E-state index contributed by atoms with van der Waals surface area (Å²) in [4.78, 5) is 41.0. The summed E-state index contributed by atoms with van der Waals surface area (Å²) >= 11 is 0. The first-order chi connectivity index (χ1) is 21.6. The fourth-order valence-corrected chi connectivity index (χ4v) is 6.67. The van der Waals surface area contributed by atoms with Crippen molar-refractivity contribution in [2.24, 2.45) is 0 Å². The first-order valence-electron chi connectivity index (χ1n) is 15.9. The summed E-state index contributed by atoms with van der Waals surface area (Å²) in [7, 11) is 0. The van der Waals surface area contributed by atoms with Crippen LogP contribution in [0.25, 0.3) is 33.2 Å². The highest BCUT2D eigenvalue weighted by Crippen LogP contribution is 2.42. The SMILES string of the molecule is CCCCOCC1=C(C)c2cc3nc(c(C)c4[nH]c(cc5[nH]c(cc1n2)c(C)c5CC)c(C)c4C(=O)O)[C@@H](CCOC=O)[C@@H]3C. The number of carboxylic acids is 1. The number of aromatic amines is 2. The summed E-state index contributed by atoms with van der Waals surface area (Å²) in [6.45, 7) is 16.2. The number of hydrogen-bond donors (Lipinski definition) is 3. The third kappa shape index (κ3) is 6.06. The van der Waals surface area contributed by atoms with Crippen molar-refractivity contribution in [1.29, 1.82) is 0 Å². The Morgan fingerprint density at radius 3 is 2.40 bits per heavy atom. The van der Waals surface area contributed by atoms with Gasteiger partial charge in [0.05, 0.1) is 35.7 Å². The van der Waals surface area contributed by atoms with Gasteiger partial charge in [-0.2, -0.15) is 0 Å². The molecule has 0 saturated carbocycles. The number of hydrogen-bond acceptors (Lipinski definition) is 6. The zero-order valence-electron chi connectivity index (χ0n) is 27.4. The molecule has 2 aliphatic heterocycles. The predicted molar refractivity (Wildman–Crippen MR) is 178 cm³/mol. The predicted octanol–water partition coefficient (Wildman–Crippen LogP) is 7.70. The Bertz CT molecular complexity index is 1830. The number of aryl methyl sites for hydroxylation is 4. The lowest BCUT2D eigenvalue weighted by Gasteiger charge is -2.16. The molecule has 0 aliphatic carbocycles. The summed E-state index contributed by atoms with van der Waals surface area (Å²) in [5, 5.41) is 10.4. The number of carbonyl (C=O) groups excluding carboxylic acids is 1. The fraction of sp³-hybridized carbons (Fsp3) is 0.444. The van der Waals surface area contributed by atoms with E-state index in [1.54, 1.807) is 0 Å². The van der Waals surface area contributed by atoms with E-state index in [1.165, 1.54) is 0 Å². The molecule has 0 aromatic carbocycles. The van der Waals surface area contributed by atoms with E-state index in [9.17, 15) is 14.7 Å². The van der Waals surface area contributed by atoms with Crippen LogP contribution < -0.4 is 0 Å². The Labute approximate surface area is 264 Å². The van der Waals surface area contributed by atoms with Gasteiger partial charge in [0.25, 0.3) is 6.47 Å². The van der Waals surface area contributed by atoms with Crippen molar-refractivity contribution in [3.05, 3.63) is 68.8 Å². The summed E-state index contributed by atoms with van der Waals surface area (Å²) in [5.74, 6) is -1.09. The topological polar surface area (TPSA) is 130 Å². The number of nitrogens with zero attached hydrogens (tertiary/aromatic N) is 2. The largest absolute Gasteiger partial charge is 0.478 e. The van der Waals surface area contributed by atoms with E-state index in [4.69, 9.17) is 19.4 Å². The maximum Gasteiger partial charge on any atom is 0.338 e. The zero-order chi connectivity index (χ0) is 32.4. The molecule has 3 N–H and O–H groups in total. The average molecular weight is 613 g/mol. The quantitative estimate of drug-likeness (QED) is 0.149.